The van der Waals surface area contributed by atoms with Crippen molar-refractivity contribution in [2.24, 2.45) is 5.92 Å². The number of likely N-dealkylation sites (tertiary alicyclic amines) is 1. The van der Waals surface area contributed by atoms with Crippen LogP contribution in [0.25, 0.3) is 0 Å². The molecule has 1 aliphatic heterocycles. The fraction of sp³-hybridized carbons (Fsp3) is 0.588. The predicted molar refractivity (Wildman–Crippen MR) is 81.3 cm³/mol. The number of ketones is 1. The Labute approximate surface area is 121 Å². The van der Waals surface area contributed by atoms with E-state index < -0.39 is 0 Å². The van der Waals surface area contributed by atoms with Crippen molar-refractivity contribution in [1.82, 2.24) is 4.90 Å². The number of hydrogen-bond acceptors (Lipinski definition) is 3. The molecule has 0 spiro atoms. The molecule has 1 aromatic rings. The van der Waals surface area contributed by atoms with Gasteiger partial charge in [-0.15, -0.1) is 0 Å². The van der Waals surface area contributed by atoms with Gasteiger partial charge >= 0.3 is 0 Å². The van der Waals surface area contributed by atoms with Crippen molar-refractivity contribution >= 4 is 5.78 Å². The van der Waals surface area contributed by atoms with Gasteiger partial charge in [-0.05, 0) is 63.4 Å². The van der Waals surface area contributed by atoms with Gasteiger partial charge in [0.1, 0.15) is 5.75 Å². The van der Waals surface area contributed by atoms with Crippen molar-refractivity contribution < 1.29 is 9.53 Å². The van der Waals surface area contributed by atoms with E-state index in [1.807, 2.05) is 18.2 Å². The minimum Gasteiger partial charge on any atom is -0.496 e. The van der Waals surface area contributed by atoms with E-state index in [1.165, 1.54) is 19.3 Å². The summed E-state index contributed by atoms with van der Waals surface area (Å²) < 4.78 is 5.44. The fourth-order valence-corrected chi connectivity index (χ4v) is 2.84. The Morgan fingerprint density at radius 2 is 2.15 bits per heavy atom. The summed E-state index contributed by atoms with van der Waals surface area (Å²) in [6, 6.07) is 5.73. The molecule has 0 N–H and O–H groups in total. The second kappa shape index (κ2) is 6.89. The molecule has 0 radical (unpaired) electrons. The van der Waals surface area contributed by atoms with Gasteiger partial charge in [-0.3, -0.25) is 9.69 Å². The second-order valence-corrected chi connectivity index (χ2v) is 5.90. The zero-order chi connectivity index (χ0) is 14.5. The number of benzene rings is 1. The molecule has 1 aromatic carbocycles. The monoisotopic (exact) mass is 275 g/mol. The molecule has 3 heteroatoms. The molecule has 1 fully saturated rings. The zero-order valence-corrected chi connectivity index (χ0v) is 12.8. The molecule has 0 saturated carbocycles. The van der Waals surface area contributed by atoms with E-state index in [2.05, 4.69) is 11.8 Å². The Hall–Kier alpha value is -1.35. The van der Waals surface area contributed by atoms with Crippen LogP contribution in [-0.4, -0.2) is 30.9 Å². The Morgan fingerprint density at radius 3 is 2.85 bits per heavy atom. The predicted octanol–water partition coefficient (Wildman–Crippen LogP) is 3.52. The number of nitrogens with zero attached hydrogens (tertiary/aromatic N) is 1. The molecule has 0 aliphatic carbocycles. The number of Topliss-reactive ketones (excluding diaryl/α,β-unsaturated/α-hetero) is 1. The summed E-state index contributed by atoms with van der Waals surface area (Å²) in [5.74, 6) is 1.82. The summed E-state index contributed by atoms with van der Waals surface area (Å²) in [7, 11) is 1.69. The number of carbonyl (C=O) groups is 1. The summed E-state index contributed by atoms with van der Waals surface area (Å²) in [6.45, 7) is 7.09. The lowest BCUT2D eigenvalue weighted by atomic mass is 10.0. The van der Waals surface area contributed by atoms with Crippen LogP contribution in [0.5, 0.6) is 5.75 Å². The first kappa shape index (κ1) is 15.0. The highest BCUT2D eigenvalue weighted by Gasteiger charge is 2.16. The summed E-state index contributed by atoms with van der Waals surface area (Å²) in [6.07, 6.45) is 3.84. The van der Waals surface area contributed by atoms with Crippen LogP contribution in [0.4, 0.5) is 0 Å². The van der Waals surface area contributed by atoms with Gasteiger partial charge in [-0.2, -0.15) is 0 Å². The lowest BCUT2D eigenvalue weighted by Gasteiger charge is -2.21. The first-order chi connectivity index (χ1) is 9.60. The molecule has 20 heavy (non-hydrogen) atoms. The van der Waals surface area contributed by atoms with Gasteiger partial charge in [0.25, 0.3) is 0 Å². The molecule has 1 saturated heterocycles. The summed E-state index contributed by atoms with van der Waals surface area (Å²) >= 11 is 0. The number of rotatable bonds is 4. The Balaban J connectivity index is 2.14. The fourth-order valence-electron chi connectivity index (χ4n) is 2.84. The molecule has 110 valence electrons. The van der Waals surface area contributed by atoms with Crippen LogP contribution in [0, 0.1) is 5.92 Å². The smallest absolute Gasteiger partial charge is 0.159 e. The van der Waals surface area contributed by atoms with E-state index in [-0.39, 0.29) is 5.78 Å². The normalized spacial score (nSPS) is 20.4. The molecule has 1 heterocycles. The van der Waals surface area contributed by atoms with Gasteiger partial charge in [-0.1, -0.05) is 6.92 Å². The molecule has 0 amide bonds. The molecule has 0 aromatic heterocycles. The maximum atomic E-state index is 11.5. The van der Waals surface area contributed by atoms with Crippen LogP contribution in [0.2, 0.25) is 0 Å². The van der Waals surface area contributed by atoms with Crippen LogP contribution < -0.4 is 4.74 Å². The number of methoxy groups -OCH3 is 1. The van der Waals surface area contributed by atoms with Crippen molar-refractivity contribution in [3.05, 3.63) is 29.3 Å². The molecule has 2 rings (SSSR count). The minimum absolute atomic E-state index is 0.110. The number of ether oxygens (including phenoxy) is 1. The van der Waals surface area contributed by atoms with E-state index >= 15 is 0 Å². The third kappa shape index (κ3) is 3.83. The molecule has 3 nitrogen and oxygen atoms in total. The average molecular weight is 275 g/mol. The van der Waals surface area contributed by atoms with E-state index in [0.717, 1.165) is 42.4 Å². The quantitative estimate of drug-likeness (QED) is 0.787. The molecule has 1 unspecified atom stereocenters. The van der Waals surface area contributed by atoms with Crippen LogP contribution in [0.15, 0.2) is 18.2 Å². The first-order valence-electron chi connectivity index (χ1n) is 7.50. The third-order valence-corrected chi connectivity index (χ3v) is 4.19. The van der Waals surface area contributed by atoms with Gasteiger partial charge in [0.05, 0.1) is 7.11 Å². The minimum atomic E-state index is 0.110. The molecule has 1 aliphatic rings. The Bertz CT molecular complexity index is 470. The van der Waals surface area contributed by atoms with Crippen LogP contribution in [0.3, 0.4) is 0 Å². The largest absolute Gasteiger partial charge is 0.496 e. The maximum Gasteiger partial charge on any atom is 0.159 e. The number of carbonyl (C=O) groups excluding carboxylic acids is 1. The topological polar surface area (TPSA) is 29.5 Å². The SMILES string of the molecule is COc1ccc(C(C)=O)cc1CN1CCCC(C)CC1. The lowest BCUT2D eigenvalue weighted by Crippen LogP contribution is -2.24. The van der Waals surface area contributed by atoms with Gasteiger partial charge in [-0.25, -0.2) is 0 Å². The first-order valence-corrected chi connectivity index (χ1v) is 7.50. The van der Waals surface area contributed by atoms with Crippen molar-refractivity contribution in [3.8, 4) is 5.75 Å². The highest BCUT2D eigenvalue weighted by atomic mass is 16.5. The zero-order valence-electron chi connectivity index (χ0n) is 12.8. The summed E-state index contributed by atoms with van der Waals surface area (Å²) in [5.41, 5.74) is 1.89. The molecule has 0 bridgehead atoms. The third-order valence-electron chi connectivity index (χ3n) is 4.19. The molecular weight excluding hydrogens is 250 g/mol. The van der Waals surface area contributed by atoms with Crippen LogP contribution >= 0.6 is 0 Å². The van der Waals surface area contributed by atoms with Crippen molar-refractivity contribution in [2.75, 3.05) is 20.2 Å². The standard InChI is InChI=1S/C17H25NO2/c1-13-5-4-9-18(10-8-13)12-16-11-15(14(2)19)6-7-17(16)20-3/h6-7,11,13H,4-5,8-10,12H2,1-3H3. The van der Waals surface area contributed by atoms with Gasteiger partial charge in [0.15, 0.2) is 5.78 Å². The second-order valence-electron chi connectivity index (χ2n) is 5.90. The van der Waals surface area contributed by atoms with E-state index in [4.69, 9.17) is 4.74 Å². The van der Waals surface area contributed by atoms with Gasteiger partial charge in [0.2, 0.25) is 0 Å². The molecule has 1 atom stereocenters. The van der Waals surface area contributed by atoms with Crippen molar-refractivity contribution in [1.29, 1.82) is 0 Å². The average Bonchev–Trinajstić information content (AvgIpc) is 2.63. The molecular formula is C17H25NO2. The Kier molecular flexibility index (Phi) is 5.18. The highest BCUT2D eigenvalue weighted by Crippen LogP contribution is 2.24. The summed E-state index contributed by atoms with van der Waals surface area (Å²) in [4.78, 5) is 14.0. The van der Waals surface area contributed by atoms with Gasteiger partial charge in [0, 0.05) is 17.7 Å². The Morgan fingerprint density at radius 1 is 1.35 bits per heavy atom. The maximum absolute atomic E-state index is 11.5. The van der Waals surface area contributed by atoms with Crippen LogP contribution in [0.1, 0.15) is 49.0 Å². The summed E-state index contributed by atoms with van der Waals surface area (Å²) in [5, 5.41) is 0. The lowest BCUT2D eigenvalue weighted by molar-refractivity contribution is 0.101. The van der Waals surface area contributed by atoms with E-state index in [9.17, 15) is 4.79 Å². The van der Waals surface area contributed by atoms with E-state index in [1.54, 1.807) is 14.0 Å². The van der Waals surface area contributed by atoms with Crippen molar-refractivity contribution in [3.63, 3.8) is 0 Å². The van der Waals surface area contributed by atoms with Crippen LogP contribution in [-0.2, 0) is 6.54 Å². The number of hydrogen-bond donors (Lipinski definition) is 0. The van der Waals surface area contributed by atoms with Gasteiger partial charge < -0.3 is 4.74 Å². The van der Waals surface area contributed by atoms with E-state index in [0.29, 0.717) is 0 Å². The highest BCUT2D eigenvalue weighted by molar-refractivity contribution is 5.94. The van der Waals surface area contributed by atoms with Crippen molar-refractivity contribution in [2.45, 2.75) is 39.7 Å².